The standard InChI is InChI=1S/C17H21N3/c1-2-12-6-5-11-20(12)16-10-9-15(17(18)19)13-7-3-4-8-14(13)16/h3-4,7-10,12H,2,5-6,11H2,1H3,(H3,18,19). The lowest BCUT2D eigenvalue weighted by molar-refractivity contribution is 0.647. The maximum Gasteiger partial charge on any atom is 0.123 e. The van der Waals surface area contributed by atoms with Gasteiger partial charge in [0.2, 0.25) is 0 Å². The van der Waals surface area contributed by atoms with E-state index in [1.165, 1.54) is 30.3 Å². The number of amidine groups is 1. The van der Waals surface area contributed by atoms with Crippen molar-refractivity contribution in [2.75, 3.05) is 11.4 Å². The van der Waals surface area contributed by atoms with Crippen LogP contribution >= 0.6 is 0 Å². The van der Waals surface area contributed by atoms with E-state index in [0.717, 1.165) is 17.5 Å². The second kappa shape index (κ2) is 5.16. The van der Waals surface area contributed by atoms with Gasteiger partial charge < -0.3 is 10.6 Å². The zero-order valence-electron chi connectivity index (χ0n) is 11.9. The Morgan fingerprint density at radius 2 is 2.00 bits per heavy atom. The summed E-state index contributed by atoms with van der Waals surface area (Å²) in [7, 11) is 0. The topological polar surface area (TPSA) is 53.1 Å². The van der Waals surface area contributed by atoms with E-state index < -0.39 is 0 Å². The summed E-state index contributed by atoms with van der Waals surface area (Å²) in [4.78, 5) is 2.52. The molecule has 0 saturated carbocycles. The first kappa shape index (κ1) is 13.0. The van der Waals surface area contributed by atoms with Gasteiger partial charge in [0.25, 0.3) is 0 Å². The SMILES string of the molecule is CCC1CCCN1c1ccc(C(=N)N)c2ccccc12. The molecule has 1 aliphatic heterocycles. The van der Waals surface area contributed by atoms with E-state index >= 15 is 0 Å². The van der Waals surface area contributed by atoms with Crippen molar-refractivity contribution in [3.63, 3.8) is 0 Å². The smallest absolute Gasteiger partial charge is 0.123 e. The first-order valence-corrected chi connectivity index (χ1v) is 7.35. The summed E-state index contributed by atoms with van der Waals surface area (Å²) in [6.45, 7) is 3.39. The lowest BCUT2D eigenvalue weighted by atomic mass is 10.0. The van der Waals surface area contributed by atoms with E-state index in [0.29, 0.717) is 6.04 Å². The molecule has 3 nitrogen and oxygen atoms in total. The fourth-order valence-electron chi connectivity index (χ4n) is 3.35. The number of benzene rings is 2. The largest absolute Gasteiger partial charge is 0.384 e. The Morgan fingerprint density at radius 3 is 2.70 bits per heavy atom. The van der Waals surface area contributed by atoms with Gasteiger partial charge in [-0.05, 0) is 36.8 Å². The van der Waals surface area contributed by atoms with Crippen LogP contribution in [0.25, 0.3) is 10.8 Å². The molecule has 1 unspecified atom stereocenters. The van der Waals surface area contributed by atoms with E-state index in [4.69, 9.17) is 11.1 Å². The normalized spacial score (nSPS) is 18.6. The van der Waals surface area contributed by atoms with Gasteiger partial charge in [-0.1, -0.05) is 31.2 Å². The molecule has 0 spiro atoms. The quantitative estimate of drug-likeness (QED) is 0.660. The Kier molecular flexibility index (Phi) is 3.35. The van der Waals surface area contributed by atoms with Gasteiger partial charge in [-0.15, -0.1) is 0 Å². The van der Waals surface area contributed by atoms with Crippen LogP contribution in [0.15, 0.2) is 36.4 Å². The number of hydrogen-bond donors (Lipinski definition) is 2. The van der Waals surface area contributed by atoms with E-state index in [2.05, 4.69) is 36.1 Å². The second-order valence-corrected chi connectivity index (χ2v) is 5.49. The number of hydrogen-bond acceptors (Lipinski definition) is 2. The third-order valence-corrected chi connectivity index (χ3v) is 4.35. The van der Waals surface area contributed by atoms with Crippen LogP contribution in [-0.2, 0) is 0 Å². The summed E-state index contributed by atoms with van der Waals surface area (Å²) < 4.78 is 0. The fourth-order valence-corrected chi connectivity index (χ4v) is 3.35. The third kappa shape index (κ3) is 2.03. The van der Waals surface area contributed by atoms with Crippen LogP contribution in [0.3, 0.4) is 0 Å². The minimum atomic E-state index is 0.140. The number of nitrogen functional groups attached to an aromatic ring is 1. The first-order chi connectivity index (χ1) is 9.72. The van der Waals surface area contributed by atoms with Gasteiger partial charge in [0.15, 0.2) is 0 Å². The molecule has 2 aromatic carbocycles. The molecule has 3 heteroatoms. The molecule has 0 aliphatic carbocycles. The third-order valence-electron chi connectivity index (χ3n) is 4.35. The molecule has 1 aliphatic rings. The van der Waals surface area contributed by atoms with Crippen molar-refractivity contribution in [1.82, 2.24) is 0 Å². The van der Waals surface area contributed by atoms with Crippen molar-refractivity contribution in [2.24, 2.45) is 5.73 Å². The zero-order chi connectivity index (χ0) is 14.1. The van der Waals surface area contributed by atoms with Gasteiger partial charge in [0.05, 0.1) is 0 Å². The van der Waals surface area contributed by atoms with Crippen molar-refractivity contribution < 1.29 is 0 Å². The zero-order valence-corrected chi connectivity index (χ0v) is 11.9. The van der Waals surface area contributed by atoms with Crippen LogP contribution in [0.5, 0.6) is 0 Å². The molecule has 0 amide bonds. The average Bonchev–Trinajstić information content (AvgIpc) is 2.94. The Balaban J connectivity index is 2.18. The number of rotatable bonds is 3. The summed E-state index contributed by atoms with van der Waals surface area (Å²) in [5.41, 5.74) is 7.82. The highest BCUT2D eigenvalue weighted by atomic mass is 15.2. The minimum Gasteiger partial charge on any atom is -0.384 e. The Hall–Kier alpha value is -2.03. The van der Waals surface area contributed by atoms with Gasteiger partial charge in [-0.3, -0.25) is 5.41 Å². The Labute approximate surface area is 119 Å². The fraction of sp³-hybridized carbons (Fsp3) is 0.353. The van der Waals surface area contributed by atoms with Gasteiger partial charge in [0.1, 0.15) is 5.84 Å². The monoisotopic (exact) mass is 267 g/mol. The lowest BCUT2D eigenvalue weighted by Crippen LogP contribution is -2.28. The minimum absolute atomic E-state index is 0.140. The van der Waals surface area contributed by atoms with Crippen molar-refractivity contribution in [2.45, 2.75) is 32.2 Å². The molecule has 1 heterocycles. The van der Waals surface area contributed by atoms with Gasteiger partial charge in [-0.2, -0.15) is 0 Å². The highest BCUT2D eigenvalue weighted by Gasteiger charge is 2.24. The maximum absolute atomic E-state index is 7.74. The van der Waals surface area contributed by atoms with Crippen molar-refractivity contribution in [3.8, 4) is 0 Å². The lowest BCUT2D eigenvalue weighted by Gasteiger charge is -2.27. The van der Waals surface area contributed by atoms with Crippen LogP contribution in [0, 0.1) is 5.41 Å². The van der Waals surface area contributed by atoms with Crippen LogP contribution in [0.2, 0.25) is 0 Å². The molecule has 20 heavy (non-hydrogen) atoms. The number of nitrogens with one attached hydrogen (secondary N) is 1. The summed E-state index contributed by atoms with van der Waals surface area (Å²) in [5.74, 6) is 0.140. The van der Waals surface area contributed by atoms with E-state index in [9.17, 15) is 0 Å². The second-order valence-electron chi connectivity index (χ2n) is 5.49. The molecule has 0 radical (unpaired) electrons. The summed E-state index contributed by atoms with van der Waals surface area (Å²) in [6, 6.07) is 13.0. The summed E-state index contributed by atoms with van der Waals surface area (Å²) >= 11 is 0. The van der Waals surface area contributed by atoms with Gasteiger partial charge in [0, 0.05) is 29.2 Å². The molecular weight excluding hydrogens is 246 g/mol. The molecule has 0 bridgehead atoms. The molecule has 3 rings (SSSR count). The molecule has 1 atom stereocenters. The first-order valence-electron chi connectivity index (χ1n) is 7.35. The van der Waals surface area contributed by atoms with Crippen LogP contribution < -0.4 is 10.6 Å². The molecule has 104 valence electrons. The maximum atomic E-state index is 7.74. The van der Waals surface area contributed by atoms with Crippen molar-refractivity contribution in [3.05, 3.63) is 42.0 Å². The number of fused-ring (bicyclic) bond motifs is 1. The van der Waals surface area contributed by atoms with Gasteiger partial charge >= 0.3 is 0 Å². The predicted molar refractivity (Wildman–Crippen MR) is 85.6 cm³/mol. The number of nitrogens with zero attached hydrogens (tertiary/aromatic N) is 1. The average molecular weight is 267 g/mol. The van der Waals surface area contributed by atoms with Gasteiger partial charge in [-0.25, -0.2) is 0 Å². The van der Waals surface area contributed by atoms with Crippen LogP contribution in [0.1, 0.15) is 31.7 Å². The van der Waals surface area contributed by atoms with Crippen molar-refractivity contribution in [1.29, 1.82) is 5.41 Å². The molecular formula is C17H21N3. The number of anilines is 1. The highest BCUT2D eigenvalue weighted by Crippen LogP contribution is 2.34. The summed E-state index contributed by atoms with van der Waals surface area (Å²) in [6.07, 6.45) is 3.73. The predicted octanol–water partition coefficient (Wildman–Crippen LogP) is 3.50. The van der Waals surface area contributed by atoms with E-state index in [-0.39, 0.29) is 5.84 Å². The molecule has 3 N–H and O–H groups in total. The van der Waals surface area contributed by atoms with Crippen LogP contribution in [-0.4, -0.2) is 18.4 Å². The van der Waals surface area contributed by atoms with E-state index in [1.807, 2.05) is 12.1 Å². The van der Waals surface area contributed by atoms with E-state index in [1.54, 1.807) is 0 Å². The molecule has 2 aromatic rings. The molecule has 0 aromatic heterocycles. The Bertz CT molecular complexity index is 648. The number of nitrogens with two attached hydrogens (primary N) is 1. The summed E-state index contributed by atoms with van der Waals surface area (Å²) in [5, 5.41) is 10.0. The van der Waals surface area contributed by atoms with Crippen molar-refractivity contribution >= 4 is 22.3 Å². The Morgan fingerprint density at radius 1 is 1.25 bits per heavy atom. The highest BCUT2D eigenvalue weighted by molar-refractivity contribution is 6.10. The molecule has 1 fully saturated rings. The molecule has 1 saturated heterocycles. The van der Waals surface area contributed by atoms with Crippen LogP contribution in [0.4, 0.5) is 5.69 Å².